The summed E-state index contributed by atoms with van der Waals surface area (Å²) in [6.45, 7) is 3.17. The summed E-state index contributed by atoms with van der Waals surface area (Å²) in [5, 5.41) is 2.69. The molecule has 0 saturated carbocycles. The number of amides is 2. The molecule has 8 nitrogen and oxygen atoms in total. The molecule has 2 saturated heterocycles. The van der Waals surface area contributed by atoms with Crippen LogP contribution in [-0.4, -0.2) is 74.1 Å². The fourth-order valence-corrected chi connectivity index (χ4v) is 3.06. The molecule has 8 heteroatoms. The number of hydrogen-bond donors (Lipinski definition) is 1. The van der Waals surface area contributed by atoms with Crippen LogP contribution in [0, 0.1) is 0 Å². The smallest absolute Gasteiger partial charge is 0.269 e. The lowest BCUT2D eigenvalue weighted by Crippen LogP contribution is -2.47. The van der Waals surface area contributed by atoms with Crippen LogP contribution in [0.4, 0.5) is 0 Å². The van der Waals surface area contributed by atoms with Crippen LogP contribution < -0.4 is 5.32 Å². The molecule has 0 radical (unpaired) electrons. The van der Waals surface area contributed by atoms with Gasteiger partial charge in [0.1, 0.15) is 5.69 Å². The topological polar surface area (TPSA) is 90.0 Å². The van der Waals surface area contributed by atoms with Gasteiger partial charge in [-0.3, -0.25) is 14.6 Å². The summed E-state index contributed by atoms with van der Waals surface area (Å²) in [7, 11) is 1.56. The van der Waals surface area contributed by atoms with Crippen LogP contribution in [0.25, 0.3) is 0 Å². The standard InChI is InChI=1S/C17H23N3O5/c1-23-9-6-19-15(21)14-12-13(2-5-18-14)16(22)20-7-3-17(4-8-20)24-10-11-25-17/h2,5,12H,3-4,6-11H2,1H3,(H,19,21). The Labute approximate surface area is 146 Å². The molecule has 1 spiro atoms. The van der Waals surface area contributed by atoms with Gasteiger partial charge in [0.15, 0.2) is 5.79 Å². The zero-order chi connectivity index (χ0) is 17.7. The Balaban J connectivity index is 1.60. The Morgan fingerprint density at radius 2 is 2.04 bits per heavy atom. The molecule has 1 N–H and O–H groups in total. The molecule has 3 rings (SSSR count). The van der Waals surface area contributed by atoms with E-state index in [0.29, 0.717) is 57.9 Å². The molecule has 25 heavy (non-hydrogen) atoms. The molecular formula is C17H23N3O5. The summed E-state index contributed by atoms with van der Waals surface area (Å²) >= 11 is 0. The van der Waals surface area contributed by atoms with Crippen LogP contribution in [0.1, 0.15) is 33.7 Å². The second-order valence-electron chi connectivity index (χ2n) is 6.08. The maximum Gasteiger partial charge on any atom is 0.269 e. The van der Waals surface area contributed by atoms with Gasteiger partial charge in [-0.05, 0) is 12.1 Å². The number of methoxy groups -OCH3 is 1. The van der Waals surface area contributed by atoms with E-state index < -0.39 is 5.79 Å². The van der Waals surface area contributed by atoms with Gasteiger partial charge in [-0.2, -0.15) is 0 Å². The Hall–Kier alpha value is -2.03. The van der Waals surface area contributed by atoms with Crippen molar-refractivity contribution >= 4 is 11.8 Å². The SMILES string of the molecule is COCCNC(=O)c1cc(C(=O)N2CCC3(CC2)OCCO3)ccn1. The normalized spacial score (nSPS) is 19.2. The third-order valence-electron chi connectivity index (χ3n) is 4.46. The molecular weight excluding hydrogens is 326 g/mol. The van der Waals surface area contributed by atoms with E-state index in [2.05, 4.69) is 10.3 Å². The van der Waals surface area contributed by atoms with Crippen LogP contribution >= 0.6 is 0 Å². The number of pyridine rings is 1. The van der Waals surface area contributed by atoms with Crippen molar-refractivity contribution in [2.24, 2.45) is 0 Å². The predicted molar refractivity (Wildman–Crippen MR) is 88.2 cm³/mol. The van der Waals surface area contributed by atoms with Crippen molar-refractivity contribution < 1.29 is 23.8 Å². The molecule has 2 fully saturated rings. The molecule has 0 atom stereocenters. The summed E-state index contributed by atoms with van der Waals surface area (Å²) < 4.78 is 16.3. The molecule has 2 aliphatic rings. The van der Waals surface area contributed by atoms with Crippen molar-refractivity contribution in [2.45, 2.75) is 18.6 Å². The Morgan fingerprint density at radius 3 is 2.72 bits per heavy atom. The van der Waals surface area contributed by atoms with Crippen LogP contribution in [0.2, 0.25) is 0 Å². The molecule has 0 aliphatic carbocycles. The highest BCUT2D eigenvalue weighted by molar-refractivity contribution is 5.98. The Bertz CT molecular complexity index is 620. The average Bonchev–Trinajstić information content (AvgIpc) is 3.10. The molecule has 136 valence electrons. The summed E-state index contributed by atoms with van der Waals surface area (Å²) in [4.78, 5) is 30.6. The predicted octanol–water partition coefficient (Wildman–Crippen LogP) is 0.437. The number of likely N-dealkylation sites (tertiary alicyclic amines) is 1. The number of nitrogens with zero attached hydrogens (tertiary/aromatic N) is 2. The quantitative estimate of drug-likeness (QED) is 0.776. The summed E-state index contributed by atoms with van der Waals surface area (Å²) in [5.41, 5.74) is 0.675. The van der Waals surface area contributed by atoms with Gasteiger partial charge >= 0.3 is 0 Å². The van der Waals surface area contributed by atoms with Crippen LogP contribution in [0.5, 0.6) is 0 Å². The second-order valence-corrected chi connectivity index (χ2v) is 6.08. The first kappa shape index (κ1) is 17.8. The lowest BCUT2D eigenvalue weighted by molar-refractivity contribution is -0.181. The van der Waals surface area contributed by atoms with Crippen LogP contribution in [0.3, 0.4) is 0 Å². The molecule has 2 aliphatic heterocycles. The fraction of sp³-hybridized carbons (Fsp3) is 0.588. The number of carbonyl (C=O) groups excluding carboxylic acids is 2. The van der Waals surface area contributed by atoms with E-state index in [1.807, 2.05) is 0 Å². The van der Waals surface area contributed by atoms with Gasteiger partial charge in [0.2, 0.25) is 0 Å². The molecule has 3 heterocycles. The minimum atomic E-state index is -0.512. The number of nitrogens with one attached hydrogen (secondary N) is 1. The third-order valence-corrected chi connectivity index (χ3v) is 4.46. The van der Waals surface area contributed by atoms with E-state index in [-0.39, 0.29) is 17.5 Å². The Kier molecular flexibility index (Phi) is 5.62. The number of rotatable bonds is 5. The zero-order valence-electron chi connectivity index (χ0n) is 14.3. The monoisotopic (exact) mass is 349 g/mol. The van der Waals surface area contributed by atoms with Crippen molar-refractivity contribution in [1.29, 1.82) is 0 Å². The Morgan fingerprint density at radius 1 is 1.32 bits per heavy atom. The summed E-state index contributed by atoms with van der Waals surface area (Å²) in [5.74, 6) is -0.945. The van der Waals surface area contributed by atoms with Gasteiger partial charge in [-0.15, -0.1) is 0 Å². The molecule has 2 amide bonds. The van der Waals surface area contributed by atoms with Crippen LogP contribution in [0.15, 0.2) is 18.3 Å². The van der Waals surface area contributed by atoms with Gasteiger partial charge in [-0.1, -0.05) is 0 Å². The molecule has 0 unspecified atom stereocenters. The van der Waals surface area contributed by atoms with Gasteiger partial charge in [0.25, 0.3) is 11.8 Å². The minimum absolute atomic E-state index is 0.110. The number of piperidine rings is 1. The number of carbonyl (C=O) groups is 2. The highest BCUT2D eigenvalue weighted by atomic mass is 16.7. The third kappa shape index (κ3) is 4.15. The fourth-order valence-electron chi connectivity index (χ4n) is 3.06. The lowest BCUT2D eigenvalue weighted by Gasteiger charge is -2.37. The lowest BCUT2D eigenvalue weighted by atomic mass is 10.0. The second kappa shape index (κ2) is 7.90. The van der Waals surface area contributed by atoms with Gasteiger partial charge < -0.3 is 24.4 Å². The molecule has 0 aromatic carbocycles. The highest BCUT2D eigenvalue weighted by Gasteiger charge is 2.40. The largest absolute Gasteiger partial charge is 0.383 e. The van der Waals surface area contributed by atoms with Crippen LogP contribution in [-0.2, 0) is 14.2 Å². The number of hydrogen-bond acceptors (Lipinski definition) is 6. The molecule has 1 aromatic rings. The first-order valence-corrected chi connectivity index (χ1v) is 8.44. The van der Waals surface area contributed by atoms with E-state index in [9.17, 15) is 9.59 Å². The summed E-state index contributed by atoms with van der Waals surface area (Å²) in [6, 6.07) is 3.15. The van der Waals surface area contributed by atoms with Crippen molar-refractivity contribution in [1.82, 2.24) is 15.2 Å². The van der Waals surface area contributed by atoms with E-state index in [1.165, 1.54) is 12.3 Å². The van der Waals surface area contributed by atoms with E-state index in [0.717, 1.165) is 0 Å². The highest BCUT2D eigenvalue weighted by Crippen LogP contribution is 2.31. The average molecular weight is 349 g/mol. The summed E-state index contributed by atoms with van der Waals surface area (Å²) in [6.07, 6.45) is 2.80. The first-order chi connectivity index (χ1) is 12.1. The van der Waals surface area contributed by atoms with Gasteiger partial charge in [0.05, 0.1) is 19.8 Å². The van der Waals surface area contributed by atoms with Crippen molar-refractivity contribution in [3.8, 4) is 0 Å². The number of aromatic nitrogens is 1. The minimum Gasteiger partial charge on any atom is -0.383 e. The maximum absolute atomic E-state index is 12.7. The van der Waals surface area contributed by atoms with Gasteiger partial charge in [-0.25, -0.2) is 0 Å². The van der Waals surface area contributed by atoms with E-state index in [4.69, 9.17) is 14.2 Å². The van der Waals surface area contributed by atoms with Gasteiger partial charge in [0, 0.05) is 51.3 Å². The zero-order valence-corrected chi connectivity index (χ0v) is 14.3. The number of ether oxygens (including phenoxy) is 3. The van der Waals surface area contributed by atoms with Crippen molar-refractivity contribution in [3.05, 3.63) is 29.6 Å². The maximum atomic E-state index is 12.7. The van der Waals surface area contributed by atoms with E-state index >= 15 is 0 Å². The first-order valence-electron chi connectivity index (χ1n) is 8.44. The van der Waals surface area contributed by atoms with Crippen molar-refractivity contribution in [3.63, 3.8) is 0 Å². The van der Waals surface area contributed by atoms with Crippen molar-refractivity contribution in [2.75, 3.05) is 46.6 Å². The molecule has 1 aromatic heterocycles. The molecule has 0 bridgehead atoms. The van der Waals surface area contributed by atoms with E-state index in [1.54, 1.807) is 18.1 Å².